The highest BCUT2D eigenvalue weighted by Gasteiger charge is 2.43. The molecule has 200 valence electrons. The second-order valence-electron chi connectivity index (χ2n) is 10.9. The smallest absolute Gasteiger partial charge is 0.313 e. The zero-order valence-electron chi connectivity index (χ0n) is 21.4. The zero-order chi connectivity index (χ0) is 25.8. The number of carboxylic acid groups (broad SMARTS) is 1. The first-order chi connectivity index (χ1) is 18.0. The first kappa shape index (κ1) is 26.1. The summed E-state index contributed by atoms with van der Waals surface area (Å²) < 4.78 is 11.6. The van der Waals surface area contributed by atoms with E-state index in [1.807, 2.05) is 30.3 Å². The van der Waals surface area contributed by atoms with Gasteiger partial charge in [-0.05, 0) is 80.2 Å². The molecule has 4 unspecified atom stereocenters. The first-order valence-electron chi connectivity index (χ1n) is 13.6. The van der Waals surface area contributed by atoms with E-state index in [9.17, 15) is 14.7 Å². The van der Waals surface area contributed by atoms with Crippen molar-refractivity contribution in [3.63, 3.8) is 0 Å². The normalized spacial score (nSPS) is 26.8. The van der Waals surface area contributed by atoms with E-state index in [0.717, 1.165) is 23.7 Å². The van der Waals surface area contributed by atoms with Crippen LogP contribution in [0.25, 0.3) is 0 Å². The molecule has 2 aliphatic carbocycles. The molecule has 3 aliphatic rings. The highest BCUT2D eigenvalue weighted by molar-refractivity contribution is 7.99. The number of piperidine rings is 1. The Labute approximate surface area is 222 Å². The molecule has 1 saturated heterocycles. The van der Waals surface area contributed by atoms with Crippen LogP contribution >= 0.6 is 11.8 Å². The van der Waals surface area contributed by atoms with Crippen LogP contribution in [0.2, 0.25) is 0 Å². The summed E-state index contributed by atoms with van der Waals surface area (Å²) in [5.74, 6) is 0.901. The van der Waals surface area contributed by atoms with Crippen molar-refractivity contribution in [2.75, 3.05) is 19.7 Å². The number of carbonyl (C=O) groups is 2. The summed E-state index contributed by atoms with van der Waals surface area (Å²) in [5.41, 5.74) is -0.991. The number of nitrogens with one attached hydrogen (secondary N) is 2. The standard InChI is InChI=1S/C28H37N3O5S/c1-2-19-15-18-7-6-8-20(16-18)22(19)30-25(32)23-24(37-21-9-4-3-5-10-21)26(31-36-23)35-17-28(27(33)34)11-13-29-14-12-28/h3-5,9-10,18-20,22,29H,2,6-8,11-17H2,1H3,(H,30,32)(H,33,34). The first-order valence-corrected chi connectivity index (χ1v) is 14.4. The number of carbonyl (C=O) groups excluding carboxylic acids is 1. The largest absolute Gasteiger partial charge is 0.481 e. The Morgan fingerprint density at radius 2 is 2.00 bits per heavy atom. The van der Waals surface area contributed by atoms with E-state index in [-0.39, 0.29) is 30.2 Å². The van der Waals surface area contributed by atoms with Crippen LogP contribution in [0, 0.1) is 23.2 Å². The predicted octanol–water partition coefficient (Wildman–Crippen LogP) is 4.99. The molecule has 2 saturated carbocycles. The molecule has 2 heterocycles. The minimum atomic E-state index is -0.991. The second kappa shape index (κ2) is 11.5. The van der Waals surface area contributed by atoms with Crippen molar-refractivity contribution in [2.45, 2.75) is 74.1 Å². The van der Waals surface area contributed by atoms with Gasteiger partial charge in [0.2, 0.25) is 5.76 Å². The lowest BCUT2D eigenvalue weighted by Gasteiger charge is -2.45. The monoisotopic (exact) mass is 527 g/mol. The molecule has 1 aliphatic heterocycles. The van der Waals surface area contributed by atoms with Gasteiger partial charge in [-0.2, -0.15) is 0 Å². The van der Waals surface area contributed by atoms with Crippen LogP contribution in [0.1, 0.15) is 68.8 Å². The number of ether oxygens (including phenoxy) is 1. The minimum absolute atomic E-state index is 0.0239. The molecular weight excluding hydrogens is 490 g/mol. The summed E-state index contributed by atoms with van der Waals surface area (Å²) in [6.45, 7) is 3.43. The van der Waals surface area contributed by atoms with Gasteiger partial charge >= 0.3 is 5.97 Å². The summed E-state index contributed by atoms with van der Waals surface area (Å²) in [4.78, 5) is 27.2. The zero-order valence-corrected chi connectivity index (χ0v) is 22.2. The number of benzene rings is 1. The van der Waals surface area contributed by atoms with Gasteiger partial charge in [0, 0.05) is 10.9 Å². The number of hydrogen-bond acceptors (Lipinski definition) is 7. The van der Waals surface area contributed by atoms with Gasteiger partial charge in [0.15, 0.2) is 0 Å². The van der Waals surface area contributed by atoms with Crippen LogP contribution in [-0.4, -0.2) is 47.9 Å². The third-order valence-corrected chi connectivity index (χ3v) is 9.66. The lowest BCUT2D eigenvalue weighted by atomic mass is 9.64. The molecule has 2 aromatic rings. The Morgan fingerprint density at radius 3 is 2.73 bits per heavy atom. The maximum atomic E-state index is 13.6. The molecule has 3 fully saturated rings. The Bertz CT molecular complexity index is 1080. The fraction of sp³-hybridized carbons (Fsp3) is 0.607. The van der Waals surface area contributed by atoms with Crippen LogP contribution in [0.15, 0.2) is 44.6 Å². The highest BCUT2D eigenvalue weighted by Crippen LogP contribution is 2.44. The summed E-state index contributed by atoms with van der Waals surface area (Å²) in [6.07, 6.45) is 8.02. The maximum absolute atomic E-state index is 13.6. The van der Waals surface area contributed by atoms with Crippen LogP contribution in [-0.2, 0) is 4.79 Å². The highest BCUT2D eigenvalue weighted by atomic mass is 32.2. The number of hydrogen-bond donors (Lipinski definition) is 3. The second-order valence-corrected chi connectivity index (χ2v) is 12.0. The number of fused-ring (bicyclic) bond motifs is 2. The van der Waals surface area contributed by atoms with E-state index < -0.39 is 11.4 Å². The van der Waals surface area contributed by atoms with Gasteiger partial charge in [0.1, 0.15) is 16.9 Å². The van der Waals surface area contributed by atoms with Crippen LogP contribution in [0.3, 0.4) is 0 Å². The molecule has 2 bridgehead atoms. The summed E-state index contributed by atoms with van der Waals surface area (Å²) in [6, 6.07) is 9.82. The Hall–Kier alpha value is -2.52. The summed E-state index contributed by atoms with van der Waals surface area (Å²) in [7, 11) is 0. The molecule has 0 spiro atoms. The number of nitrogens with zero attached hydrogens (tertiary/aromatic N) is 1. The molecule has 8 nitrogen and oxygen atoms in total. The van der Waals surface area contributed by atoms with Gasteiger partial charge in [-0.15, -0.1) is 0 Å². The van der Waals surface area contributed by atoms with Crippen molar-refractivity contribution in [2.24, 2.45) is 23.2 Å². The van der Waals surface area contributed by atoms with Gasteiger partial charge in [-0.3, -0.25) is 9.59 Å². The third kappa shape index (κ3) is 5.67. The average Bonchev–Trinajstić information content (AvgIpc) is 3.32. The van der Waals surface area contributed by atoms with Gasteiger partial charge in [-0.1, -0.05) is 56.1 Å². The fourth-order valence-electron chi connectivity index (χ4n) is 6.44. The molecule has 37 heavy (non-hydrogen) atoms. The molecule has 9 heteroatoms. The van der Waals surface area contributed by atoms with Gasteiger partial charge in [0.05, 0.1) is 0 Å². The van der Waals surface area contributed by atoms with Gasteiger partial charge in [-0.25, -0.2) is 0 Å². The van der Waals surface area contributed by atoms with E-state index in [2.05, 4.69) is 22.7 Å². The SMILES string of the molecule is CCC1CC2CCCC(C2)C1NC(=O)c1onc(OCC2(C(=O)O)CCNCC2)c1Sc1ccccc1. The van der Waals surface area contributed by atoms with Crippen molar-refractivity contribution in [1.29, 1.82) is 0 Å². The van der Waals surface area contributed by atoms with E-state index >= 15 is 0 Å². The lowest BCUT2D eigenvalue weighted by Crippen LogP contribution is -2.50. The molecule has 3 N–H and O–H groups in total. The Morgan fingerprint density at radius 1 is 1.22 bits per heavy atom. The average molecular weight is 528 g/mol. The van der Waals surface area contributed by atoms with Crippen LogP contribution in [0.5, 0.6) is 5.88 Å². The van der Waals surface area contributed by atoms with Crippen molar-refractivity contribution in [1.82, 2.24) is 15.8 Å². The van der Waals surface area contributed by atoms with E-state index in [0.29, 0.717) is 42.7 Å². The van der Waals surface area contributed by atoms with Crippen molar-refractivity contribution >= 4 is 23.6 Å². The van der Waals surface area contributed by atoms with E-state index in [1.165, 1.54) is 37.4 Å². The number of aliphatic carboxylic acids is 1. The van der Waals surface area contributed by atoms with Gasteiger partial charge in [0.25, 0.3) is 11.8 Å². The number of amides is 1. The molecule has 1 aromatic carbocycles. The molecule has 1 amide bonds. The number of rotatable bonds is 9. The Kier molecular flexibility index (Phi) is 8.09. The molecule has 0 radical (unpaired) electrons. The molecule has 4 atom stereocenters. The third-order valence-electron chi connectivity index (χ3n) is 8.59. The van der Waals surface area contributed by atoms with Gasteiger partial charge < -0.3 is 25.0 Å². The molecule has 1 aromatic heterocycles. The van der Waals surface area contributed by atoms with E-state index in [1.54, 1.807) is 0 Å². The van der Waals surface area contributed by atoms with Crippen molar-refractivity contribution in [3.8, 4) is 5.88 Å². The molecular formula is C28H37N3O5S. The lowest BCUT2D eigenvalue weighted by molar-refractivity contribution is -0.153. The topological polar surface area (TPSA) is 114 Å². The predicted molar refractivity (Wildman–Crippen MR) is 140 cm³/mol. The fourth-order valence-corrected chi connectivity index (χ4v) is 7.37. The summed E-state index contributed by atoms with van der Waals surface area (Å²) in [5, 5.41) is 20.6. The van der Waals surface area contributed by atoms with Crippen molar-refractivity contribution < 1.29 is 24.0 Å². The van der Waals surface area contributed by atoms with Crippen LogP contribution < -0.4 is 15.4 Å². The quantitative estimate of drug-likeness (QED) is 0.418. The Balaban J connectivity index is 1.38. The number of carboxylic acids is 1. The van der Waals surface area contributed by atoms with Crippen LogP contribution in [0.4, 0.5) is 0 Å². The van der Waals surface area contributed by atoms with E-state index in [4.69, 9.17) is 9.26 Å². The molecule has 5 rings (SSSR count). The minimum Gasteiger partial charge on any atom is -0.481 e. The summed E-state index contributed by atoms with van der Waals surface area (Å²) >= 11 is 1.35. The van der Waals surface area contributed by atoms with Crippen molar-refractivity contribution in [3.05, 3.63) is 36.1 Å². The maximum Gasteiger partial charge on any atom is 0.313 e. The number of aromatic nitrogens is 1.